The summed E-state index contributed by atoms with van der Waals surface area (Å²) in [6, 6.07) is 14.8. The van der Waals surface area contributed by atoms with E-state index in [1.807, 2.05) is 48.0 Å². The lowest BCUT2D eigenvalue weighted by Crippen LogP contribution is -2.41. The summed E-state index contributed by atoms with van der Waals surface area (Å²) >= 11 is 1.52. The number of H-pyrrole nitrogens is 1. The highest BCUT2D eigenvalue weighted by atomic mass is 32.2. The second-order valence-electron chi connectivity index (χ2n) is 6.36. The van der Waals surface area contributed by atoms with E-state index in [9.17, 15) is 9.59 Å². The van der Waals surface area contributed by atoms with E-state index in [4.69, 9.17) is 0 Å². The molecule has 3 N–H and O–H groups in total. The third-order valence-electron chi connectivity index (χ3n) is 4.42. The maximum Gasteiger partial charge on any atom is 0.271 e. The van der Waals surface area contributed by atoms with Gasteiger partial charge in [0.15, 0.2) is 5.16 Å². The van der Waals surface area contributed by atoms with Crippen LogP contribution in [-0.2, 0) is 12.8 Å². The van der Waals surface area contributed by atoms with Crippen molar-refractivity contribution in [2.24, 2.45) is 7.05 Å². The first-order valence-corrected chi connectivity index (χ1v) is 9.82. The van der Waals surface area contributed by atoms with E-state index in [2.05, 4.69) is 26.0 Å². The van der Waals surface area contributed by atoms with Crippen molar-refractivity contribution < 1.29 is 9.59 Å². The van der Waals surface area contributed by atoms with E-state index in [0.29, 0.717) is 16.9 Å². The topological polar surface area (TPSA) is 105 Å². The number of para-hydroxylation sites is 1. The molecule has 9 heteroatoms. The largest absolute Gasteiger partial charge is 0.350 e. The number of amides is 2. The molecular formula is C20H18N6O2S. The van der Waals surface area contributed by atoms with Gasteiger partial charge in [-0.15, -0.1) is 0 Å². The summed E-state index contributed by atoms with van der Waals surface area (Å²) in [7, 11) is 1.87. The van der Waals surface area contributed by atoms with Gasteiger partial charge in [-0.2, -0.15) is 5.10 Å². The molecule has 0 unspecified atom stereocenters. The minimum atomic E-state index is -0.381. The number of fused-ring (bicyclic) bond motifs is 1. The first-order chi connectivity index (χ1) is 14.1. The van der Waals surface area contributed by atoms with Crippen molar-refractivity contribution in [3.63, 3.8) is 0 Å². The average Bonchev–Trinajstić information content (AvgIpc) is 3.39. The van der Waals surface area contributed by atoms with E-state index in [-0.39, 0.29) is 11.8 Å². The highest BCUT2D eigenvalue weighted by Gasteiger charge is 2.14. The van der Waals surface area contributed by atoms with Crippen molar-refractivity contribution in [3.8, 4) is 0 Å². The van der Waals surface area contributed by atoms with Crippen LogP contribution in [0.3, 0.4) is 0 Å². The zero-order valence-corrected chi connectivity index (χ0v) is 16.4. The number of aromatic amines is 1. The Morgan fingerprint density at radius 1 is 1.07 bits per heavy atom. The van der Waals surface area contributed by atoms with Crippen LogP contribution in [0.5, 0.6) is 0 Å². The van der Waals surface area contributed by atoms with E-state index >= 15 is 0 Å². The molecule has 0 radical (unpaired) electrons. The predicted molar refractivity (Wildman–Crippen MR) is 110 cm³/mol. The molecule has 2 amide bonds. The number of carbonyl (C=O) groups excluding carboxylic acids is 2. The van der Waals surface area contributed by atoms with Gasteiger partial charge in [0.05, 0.1) is 5.56 Å². The lowest BCUT2D eigenvalue weighted by Gasteiger charge is -2.07. The number of hydrazine groups is 1. The van der Waals surface area contributed by atoms with Crippen LogP contribution in [0.15, 0.2) is 66.2 Å². The van der Waals surface area contributed by atoms with Gasteiger partial charge in [0.25, 0.3) is 11.8 Å². The zero-order valence-electron chi connectivity index (χ0n) is 15.5. The number of hydrogen-bond acceptors (Lipinski definition) is 5. The SMILES string of the molecule is Cn1cc(C(=O)NNC(=O)c2ccc(CSc3ncn[nH]3)cc2)c2ccccc21. The fraction of sp³-hybridized carbons (Fsp3) is 0.100. The van der Waals surface area contributed by atoms with Gasteiger partial charge in [-0.3, -0.25) is 25.5 Å². The van der Waals surface area contributed by atoms with Crippen molar-refractivity contribution in [1.29, 1.82) is 0 Å². The van der Waals surface area contributed by atoms with Gasteiger partial charge in [0.1, 0.15) is 6.33 Å². The highest BCUT2D eigenvalue weighted by Crippen LogP contribution is 2.20. The van der Waals surface area contributed by atoms with Crippen molar-refractivity contribution in [2.45, 2.75) is 10.9 Å². The fourth-order valence-corrected chi connectivity index (χ4v) is 3.68. The maximum absolute atomic E-state index is 12.5. The first-order valence-electron chi connectivity index (χ1n) is 8.83. The van der Waals surface area contributed by atoms with Gasteiger partial charge in [-0.05, 0) is 23.8 Å². The number of aromatic nitrogens is 4. The Labute approximate surface area is 170 Å². The summed E-state index contributed by atoms with van der Waals surface area (Å²) in [5.74, 6) is -0.0437. The van der Waals surface area contributed by atoms with Gasteiger partial charge in [-0.1, -0.05) is 42.1 Å². The van der Waals surface area contributed by atoms with Crippen LogP contribution in [0.4, 0.5) is 0 Å². The lowest BCUT2D eigenvalue weighted by atomic mass is 10.1. The second-order valence-corrected chi connectivity index (χ2v) is 7.32. The van der Waals surface area contributed by atoms with Gasteiger partial charge in [0, 0.05) is 35.5 Å². The third kappa shape index (κ3) is 4.14. The quantitative estimate of drug-likeness (QED) is 0.349. The molecule has 0 aliphatic rings. The summed E-state index contributed by atoms with van der Waals surface area (Å²) in [5.41, 5.74) is 7.90. The molecule has 4 rings (SSSR count). The van der Waals surface area contributed by atoms with Crippen LogP contribution in [0.1, 0.15) is 26.3 Å². The summed E-state index contributed by atoms with van der Waals surface area (Å²) in [5, 5.41) is 8.15. The summed E-state index contributed by atoms with van der Waals surface area (Å²) < 4.78 is 1.88. The number of aryl methyl sites for hydroxylation is 1. The number of nitrogens with zero attached hydrogens (tertiary/aromatic N) is 3. The molecule has 0 saturated heterocycles. The minimum absolute atomic E-state index is 0.366. The second kappa shape index (κ2) is 8.19. The van der Waals surface area contributed by atoms with Crippen molar-refractivity contribution in [1.82, 2.24) is 30.6 Å². The predicted octanol–water partition coefficient (Wildman–Crippen LogP) is 2.66. The van der Waals surface area contributed by atoms with Crippen LogP contribution < -0.4 is 10.9 Å². The molecule has 4 aromatic rings. The molecule has 8 nitrogen and oxygen atoms in total. The Bertz CT molecular complexity index is 1150. The summed E-state index contributed by atoms with van der Waals surface area (Å²) in [6.07, 6.45) is 3.20. The molecule has 0 atom stereocenters. The number of rotatable bonds is 5. The normalized spacial score (nSPS) is 10.8. The van der Waals surface area contributed by atoms with Crippen LogP contribution in [0.25, 0.3) is 10.9 Å². The minimum Gasteiger partial charge on any atom is -0.350 e. The van der Waals surface area contributed by atoms with Crippen molar-refractivity contribution >= 4 is 34.5 Å². The average molecular weight is 406 g/mol. The molecule has 2 heterocycles. The van der Waals surface area contributed by atoms with Crippen LogP contribution in [0, 0.1) is 0 Å². The smallest absolute Gasteiger partial charge is 0.271 e. The van der Waals surface area contributed by atoms with E-state index in [0.717, 1.165) is 21.6 Å². The van der Waals surface area contributed by atoms with Crippen molar-refractivity contribution in [3.05, 3.63) is 77.7 Å². The van der Waals surface area contributed by atoms with E-state index in [1.54, 1.807) is 18.3 Å². The number of nitrogens with one attached hydrogen (secondary N) is 3. The van der Waals surface area contributed by atoms with Crippen LogP contribution in [-0.4, -0.2) is 31.6 Å². The van der Waals surface area contributed by atoms with Gasteiger partial charge in [0.2, 0.25) is 0 Å². The van der Waals surface area contributed by atoms with E-state index < -0.39 is 0 Å². The molecule has 0 fully saturated rings. The van der Waals surface area contributed by atoms with Gasteiger partial charge < -0.3 is 4.57 Å². The summed E-state index contributed by atoms with van der Waals surface area (Å²) in [6.45, 7) is 0. The molecule has 2 aromatic carbocycles. The standard InChI is InChI=1S/C20H18N6O2S/c1-26-10-16(15-4-2-3-5-17(15)26)19(28)24-23-18(27)14-8-6-13(7-9-14)11-29-20-21-12-22-25-20/h2-10,12H,11H2,1H3,(H,23,27)(H,24,28)(H,21,22,25). The Balaban J connectivity index is 1.36. The number of benzene rings is 2. The monoisotopic (exact) mass is 406 g/mol. The molecule has 0 aliphatic carbocycles. The van der Waals surface area contributed by atoms with Gasteiger partial charge in [-0.25, -0.2) is 4.98 Å². The Morgan fingerprint density at radius 2 is 1.83 bits per heavy atom. The fourth-order valence-electron chi connectivity index (χ4n) is 2.94. The molecule has 0 aliphatic heterocycles. The Kier molecular flexibility index (Phi) is 5.30. The molecule has 0 bridgehead atoms. The Hall–Kier alpha value is -3.59. The highest BCUT2D eigenvalue weighted by molar-refractivity contribution is 7.98. The van der Waals surface area contributed by atoms with Crippen LogP contribution >= 0.6 is 11.8 Å². The molecule has 29 heavy (non-hydrogen) atoms. The van der Waals surface area contributed by atoms with Crippen molar-refractivity contribution in [2.75, 3.05) is 0 Å². The number of carbonyl (C=O) groups is 2. The molecule has 0 spiro atoms. The maximum atomic E-state index is 12.5. The molecule has 146 valence electrons. The lowest BCUT2D eigenvalue weighted by molar-refractivity contribution is 0.0847. The van der Waals surface area contributed by atoms with E-state index in [1.165, 1.54) is 18.1 Å². The molecular weight excluding hydrogens is 388 g/mol. The zero-order chi connectivity index (χ0) is 20.2. The molecule has 0 saturated carbocycles. The summed E-state index contributed by atoms with van der Waals surface area (Å²) in [4.78, 5) is 28.9. The Morgan fingerprint density at radius 3 is 2.59 bits per heavy atom. The number of hydrogen-bond donors (Lipinski definition) is 3. The third-order valence-corrected chi connectivity index (χ3v) is 5.36. The first kappa shape index (κ1) is 18.8. The number of thioether (sulfide) groups is 1. The van der Waals surface area contributed by atoms with Gasteiger partial charge >= 0.3 is 0 Å². The van der Waals surface area contributed by atoms with Crippen LogP contribution in [0.2, 0.25) is 0 Å². The molecule has 2 aromatic heterocycles.